The zero-order chi connectivity index (χ0) is 9.41. The Balaban J connectivity index is -0.00000000967. The van der Waals surface area contributed by atoms with Crippen LogP contribution in [0.1, 0.15) is 27.7 Å². The predicted molar refractivity (Wildman–Crippen MR) is 48.6 cm³/mol. The van der Waals surface area contributed by atoms with Gasteiger partial charge in [-0.15, -0.1) is 0 Å². The second-order valence-corrected chi connectivity index (χ2v) is 0.816. The van der Waals surface area contributed by atoms with Crippen molar-refractivity contribution in [1.29, 1.82) is 0 Å². The fourth-order valence-electron chi connectivity index (χ4n) is 0. The number of hydrogen-bond donors (Lipinski definition) is 0. The number of ether oxygens (including phenoxy) is 2. The Hall–Kier alpha value is 1.30. The van der Waals surface area contributed by atoms with E-state index in [9.17, 15) is 0 Å². The van der Waals surface area contributed by atoms with Gasteiger partial charge in [0.05, 0.1) is 0 Å². The van der Waals surface area contributed by atoms with Gasteiger partial charge in [0, 0.05) is 70.6 Å². The molecule has 0 bridgehead atoms. The van der Waals surface area contributed by atoms with Gasteiger partial charge < -0.3 is 9.47 Å². The third-order valence-electron chi connectivity index (χ3n) is 0. The third-order valence-corrected chi connectivity index (χ3v) is 0. The van der Waals surface area contributed by atoms with Gasteiger partial charge in [-0.1, -0.05) is 27.7 Å². The first-order valence-electron chi connectivity index (χ1n) is 3.63. The van der Waals surface area contributed by atoms with Gasteiger partial charge in [-0.2, -0.15) is 0 Å². The molecule has 0 unspecified atom stereocenters. The smallest absolute Gasteiger partial charge is 0.0351 e. The fourth-order valence-corrected chi connectivity index (χ4v) is 0. The molecule has 12 heavy (non-hydrogen) atoms. The summed E-state index contributed by atoms with van der Waals surface area (Å²) in [5.74, 6) is 0. The van der Waals surface area contributed by atoms with Crippen LogP contribution in [0.15, 0.2) is 0 Å². The first kappa shape index (κ1) is 37.8. The van der Waals surface area contributed by atoms with E-state index in [1.807, 2.05) is 27.7 Å². The Kier molecular flexibility index (Phi) is 454. The zero-order valence-electron chi connectivity index (χ0n) is 9.63. The quantitative estimate of drug-likeness (QED) is 0.490. The van der Waals surface area contributed by atoms with E-state index in [2.05, 4.69) is 9.47 Å². The SMILES string of the molecule is CC.CC.COC.COC.[W].[W]. The average molecular weight is 520 g/mol. The second kappa shape index (κ2) is 144. The molecule has 0 atom stereocenters. The molecular formula is C8H24O2W2. The summed E-state index contributed by atoms with van der Waals surface area (Å²) in [6.45, 7) is 8.00. The van der Waals surface area contributed by atoms with E-state index in [-0.39, 0.29) is 42.1 Å². The van der Waals surface area contributed by atoms with Gasteiger partial charge in [0.15, 0.2) is 0 Å². The number of hydrogen-bond acceptors (Lipinski definition) is 2. The summed E-state index contributed by atoms with van der Waals surface area (Å²) in [5.41, 5.74) is 0. The van der Waals surface area contributed by atoms with Gasteiger partial charge in [-0.3, -0.25) is 0 Å². The Morgan fingerprint density at radius 1 is 0.500 bits per heavy atom. The summed E-state index contributed by atoms with van der Waals surface area (Å²) in [6, 6.07) is 0. The van der Waals surface area contributed by atoms with Crippen LogP contribution in [0.2, 0.25) is 0 Å². The summed E-state index contributed by atoms with van der Waals surface area (Å²) in [5, 5.41) is 0. The Morgan fingerprint density at radius 2 is 0.500 bits per heavy atom. The van der Waals surface area contributed by atoms with E-state index in [1.165, 1.54) is 0 Å². The van der Waals surface area contributed by atoms with E-state index in [0.29, 0.717) is 0 Å². The molecule has 80 valence electrons. The van der Waals surface area contributed by atoms with Gasteiger partial charge >= 0.3 is 0 Å². The summed E-state index contributed by atoms with van der Waals surface area (Å²) in [4.78, 5) is 0. The molecule has 0 aromatic heterocycles. The molecule has 4 heteroatoms. The van der Waals surface area contributed by atoms with Crippen molar-refractivity contribution < 1.29 is 51.6 Å². The minimum absolute atomic E-state index is 0. The van der Waals surface area contributed by atoms with Gasteiger partial charge in [0.25, 0.3) is 0 Å². The number of rotatable bonds is 0. The molecule has 0 aromatic rings. The molecule has 0 aliphatic rings. The van der Waals surface area contributed by atoms with Crippen molar-refractivity contribution in [2.45, 2.75) is 27.7 Å². The topological polar surface area (TPSA) is 18.5 Å². The first-order valence-corrected chi connectivity index (χ1v) is 3.63. The minimum Gasteiger partial charge on any atom is -0.388 e. The van der Waals surface area contributed by atoms with Crippen LogP contribution in [0.4, 0.5) is 0 Å². The van der Waals surface area contributed by atoms with E-state index in [0.717, 1.165) is 0 Å². The molecule has 0 aliphatic carbocycles. The maximum Gasteiger partial charge on any atom is 0.0351 e. The largest absolute Gasteiger partial charge is 0.388 e. The third kappa shape index (κ3) is 712. The molecule has 0 saturated heterocycles. The molecule has 0 saturated carbocycles. The normalized spacial score (nSPS) is 4.00. The molecule has 0 aromatic carbocycles. The van der Waals surface area contributed by atoms with Crippen molar-refractivity contribution in [3.8, 4) is 0 Å². The molecule has 0 heterocycles. The Bertz CT molecular complexity index is 17.0. The monoisotopic (exact) mass is 520 g/mol. The predicted octanol–water partition coefficient (Wildman–Crippen LogP) is 2.57. The van der Waals surface area contributed by atoms with Crippen LogP contribution in [-0.4, -0.2) is 28.4 Å². The average Bonchev–Trinajstić information content (AvgIpc) is 1.99. The van der Waals surface area contributed by atoms with Gasteiger partial charge in [0.2, 0.25) is 0 Å². The van der Waals surface area contributed by atoms with Crippen LogP contribution in [0.5, 0.6) is 0 Å². The van der Waals surface area contributed by atoms with Crippen molar-refractivity contribution in [2.24, 2.45) is 0 Å². The van der Waals surface area contributed by atoms with Crippen molar-refractivity contribution in [2.75, 3.05) is 28.4 Å². The fraction of sp³-hybridized carbons (Fsp3) is 1.00. The van der Waals surface area contributed by atoms with E-state index in [4.69, 9.17) is 0 Å². The Labute approximate surface area is 107 Å². The second-order valence-electron chi connectivity index (χ2n) is 0.816. The first-order chi connectivity index (χ1) is 4.83. The van der Waals surface area contributed by atoms with Crippen molar-refractivity contribution in [3.05, 3.63) is 0 Å². The van der Waals surface area contributed by atoms with Crippen LogP contribution < -0.4 is 0 Å². The van der Waals surface area contributed by atoms with Gasteiger partial charge in [-0.05, 0) is 0 Å². The van der Waals surface area contributed by atoms with E-state index < -0.39 is 0 Å². The molecule has 0 fully saturated rings. The molecule has 2 nitrogen and oxygen atoms in total. The molecule has 0 N–H and O–H groups in total. The maximum atomic E-state index is 4.25. The van der Waals surface area contributed by atoms with Crippen LogP contribution in [0, 0.1) is 0 Å². The molecule has 0 rings (SSSR count). The summed E-state index contributed by atoms with van der Waals surface area (Å²) in [6.07, 6.45) is 0. The standard InChI is InChI=1S/2C2H6O.2C2H6.2W/c2*1-3-2;2*1-2;;/h2*1-2H3;2*1-2H3;;. The van der Waals surface area contributed by atoms with Crippen molar-refractivity contribution >= 4 is 0 Å². The number of methoxy groups -OCH3 is 2. The van der Waals surface area contributed by atoms with Gasteiger partial charge in [0.1, 0.15) is 0 Å². The van der Waals surface area contributed by atoms with Crippen molar-refractivity contribution in [1.82, 2.24) is 0 Å². The molecule has 0 amide bonds. The van der Waals surface area contributed by atoms with Crippen LogP contribution in [0.25, 0.3) is 0 Å². The van der Waals surface area contributed by atoms with Gasteiger partial charge in [-0.25, -0.2) is 0 Å². The summed E-state index contributed by atoms with van der Waals surface area (Å²) >= 11 is 0. The van der Waals surface area contributed by atoms with E-state index in [1.54, 1.807) is 28.4 Å². The summed E-state index contributed by atoms with van der Waals surface area (Å²) in [7, 11) is 6.50. The zero-order valence-corrected chi connectivity index (χ0v) is 15.5. The molecule has 0 aliphatic heterocycles. The molecule has 0 spiro atoms. The van der Waals surface area contributed by atoms with Crippen LogP contribution >= 0.6 is 0 Å². The van der Waals surface area contributed by atoms with Crippen LogP contribution in [-0.2, 0) is 51.6 Å². The Morgan fingerprint density at radius 3 is 0.500 bits per heavy atom. The van der Waals surface area contributed by atoms with Crippen molar-refractivity contribution in [3.63, 3.8) is 0 Å². The summed E-state index contributed by atoms with van der Waals surface area (Å²) < 4.78 is 8.50. The molecular weight excluding hydrogens is 496 g/mol. The maximum absolute atomic E-state index is 4.25. The minimum atomic E-state index is 0. The van der Waals surface area contributed by atoms with E-state index >= 15 is 0 Å². The van der Waals surface area contributed by atoms with Crippen LogP contribution in [0.3, 0.4) is 0 Å². The molecule has 0 radical (unpaired) electrons.